The molecule has 1 saturated heterocycles. The van der Waals surface area contributed by atoms with Crippen molar-refractivity contribution in [1.82, 2.24) is 24.3 Å². The van der Waals surface area contributed by atoms with Crippen LogP contribution in [0.2, 0.25) is 5.02 Å². The van der Waals surface area contributed by atoms with Crippen LogP contribution < -0.4 is 0 Å². The van der Waals surface area contributed by atoms with Gasteiger partial charge in [0, 0.05) is 44.4 Å². The highest BCUT2D eigenvalue weighted by Gasteiger charge is 2.51. The average molecular weight is 590 g/mol. The maximum Gasteiger partial charge on any atom is 0.427 e. The Morgan fingerprint density at radius 1 is 1.12 bits per heavy atom. The van der Waals surface area contributed by atoms with Crippen molar-refractivity contribution in [1.29, 1.82) is 0 Å². The molecule has 5 rings (SSSR count). The minimum atomic E-state index is -4.69. The number of fused-ring (bicyclic) bond motifs is 2. The zero-order valence-electron chi connectivity index (χ0n) is 23.1. The number of pyridine rings is 1. The van der Waals surface area contributed by atoms with Gasteiger partial charge >= 0.3 is 12.3 Å². The first-order valence-electron chi connectivity index (χ1n) is 13.2. The third-order valence-corrected chi connectivity index (χ3v) is 8.07. The lowest BCUT2D eigenvalue weighted by Crippen LogP contribution is -2.53. The minimum Gasteiger partial charge on any atom is -0.434 e. The van der Waals surface area contributed by atoms with Gasteiger partial charge in [-0.25, -0.2) is 9.78 Å². The Labute approximate surface area is 241 Å². The van der Waals surface area contributed by atoms with Crippen LogP contribution in [0.5, 0.6) is 0 Å². The molecule has 0 bridgehead atoms. The Morgan fingerprint density at radius 2 is 1.83 bits per heavy atom. The highest BCUT2D eigenvalue weighted by Crippen LogP contribution is 2.46. The van der Waals surface area contributed by atoms with Crippen LogP contribution in [0.3, 0.4) is 0 Å². The topological polar surface area (TPSA) is 83.7 Å². The van der Waals surface area contributed by atoms with Crippen LogP contribution in [0.4, 0.5) is 18.0 Å². The van der Waals surface area contributed by atoms with Crippen molar-refractivity contribution in [2.75, 3.05) is 26.2 Å². The first-order chi connectivity index (χ1) is 19.2. The quantitative estimate of drug-likeness (QED) is 0.438. The van der Waals surface area contributed by atoms with E-state index in [9.17, 15) is 23.1 Å². The molecule has 0 spiro atoms. The minimum absolute atomic E-state index is 0.168. The van der Waals surface area contributed by atoms with Crippen LogP contribution >= 0.6 is 11.6 Å². The summed E-state index contributed by atoms with van der Waals surface area (Å²) in [6.07, 6.45) is 1.17. The lowest BCUT2D eigenvalue weighted by Gasteiger charge is -2.40. The second kappa shape index (κ2) is 10.5. The fourth-order valence-electron chi connectivity index (χ4n) is 5.40. The molecule has 1 aliphatic heterocycles. The Morgan fingerprint density at radius 3 is 2.46 bits per heavy atom. The van der Waals surface area contributed by atoms with Gasteiger partial charge in [-0.2, -0.15) is 13.2 Å². The first kappa shape index (κ1) is 29.1. The summed E-state index contributed by atoms with van der Waals surface area (Å²) in [6, 6.07) is 8.88. The highest BCUT2D eigenvalue weighted by molar-refractivity contribution is 6.30. The number of benzene rings is 1. The molecule has 12 heteroatoms. The van der Waals surface area contributed by atoms with Crippen molar-refractivity contribution in [3.05, 3.63) is 82.2 Å². The van der Waals surface area contributed by atoms with Gasteiger partial charge in [-0.15, -0.1) is 0 Å². The van der Waals surface area contributed by atoms with Crippen molar-refractivity contribution in [2.45, 2.75) is 44.2 Å². The number of aryl methyl sites for hydroxylation is 1. The van der Waals surface area contributed by atoms with E-state index in [0.29, 0.717) is 29.4 Å². The number of halogens is 4. The Bertz CT molecular complexity index is 1490. The maximum absolute atomic E-state index is 13.3. The van der Waals surface area contributed by atoms with E-state index in [1.165, 1.54) is 4.90 Å². The van der Waals surface area contributed by atoms with Crippen LogP contribution in [0, 0.1) is 0 Å². The third-order valence-electron chi connectivity index (χ3n) is 7.83. The molecule has 2 aromatic heterocycles. The second-order valence-electron chi connectivity index (χ2n) is 11.0. The third kappa shape index (κ3) is 5.33. The molecule has 1 aromatic carbocycles. The molecule has 1 fully saturated rings. The van der Waals surface area contributed by atoms with Gasteiger partial charge in [-0.05, 0) is 67.3 Å². The van der Waals surface area contributed by atoms with Gasteiger partial charge in [-0.1, -0.05) is 23.7 Å². The number of piperazine rings is 1. The number of ether oxygens (including phenoxy) is 1. The van der Waals surface area contributed by atoms with E-state index in [1.807, 2.05) is 37.4 Å². The van der Waals surface area contributed by atoms with Gasteiger partial charge in [0.15, 0.2) is 0 Å². The van der Waals surface area contributed by atoms with Crippen LogP contribution in [-0.4, -0.2) is 73.5 Å². The molecule has 1 N–H and O–H groups in total. The molecule has 1 amide bonds. The van der Waals surface area contributed by atoms with E-state index in [-0.39, 0.29) is 19.1 Å². The van der Waals surface area contributed by atoms with Crippen molar-refractivity contribution in [3.8, 4) is 0 Å². The number of aliphatic hydroxyl groups is 1. The summed E-state index contributed by atoms with van der Waals surface area (Å²) in [5, 5.41) is 12.5. The van der Waals surface area contributed by atoms with Crippen LogP contribution in [0.25, 0.3) is 11.6 Å². The summed E-state index contributed by atoms with van der Waals surface area (Å²) >= 11 is 6.49. The molecule has 218 valence electrons. The normalized spacial score (nSPS) is 19.5. The predicted octanol–water partition coefficient (Wildman–Crippen LogP) is 5.41. The Hall–Kier alpha value is -3.41. The lowest BCUT2D eigenvalue weighted by molar-refractivity contribution is -0.246. The fourth-order valence-corrected chi connectivity index (χ4v) is 5.57. The summed E-state index contributed by atoms with van der Waals surface area (Å²) in [4.78, 5) is 25.0. The first-order valence-corrected chi connectivity index (χ1v) is 13.5. The van der Waals surface area contributed by atoms with Gasteiger partial charge in [0.25, 0.3) is 0 Å². The molecular formula is C29H31ClF3N5O3. The number of hydrogen-bond acceptors (Lipinski definition) is 6. The predicted molar refractivity (Wildman–Crippen MR) is 148 cm³/mol. The van der Waals surface area contributed by atoms with E-state index in [0.717, 1.165) is 36.2 Å². The monoisotopic (exact) mass is 589 g/mol. The molecule has 8 nitrogen and oxygen atoms in total. The zero-order chi connectivity index (χ0) is 29.7. The van der Waals surface area contributed by atoms with Crippen LogP contribution in [0.1, 0.15) is 54.9 Å². The smallest absolute Gasteiger partial charge is 0.427 e. The summed E-state index contributed by atoms with van der Waals surface area (Å²) in [6.45, 7) is 4.44. The van der Waals surface area contributed by atoms with Gasteiger partial charge in [-0.3, -0.25) is 9.88 Å². The highest BCUT2D eigenvalue weighted by atomic mass is 35.5. The van der Waals surface area contributed by atoms with Crippen molar-refractivity contribution >= 4 is 29.3 Å². The number of hydrogen-bond donors (Lipinski definition) is 1. The maximum atomic E-state index is 13.3. The molecule has 2 aliphatic rings. The summed E-state index contributed by atoms with van der Waals surface area (Å²) in [5.74, 6) is 0. The molecule has 41 heavy (non-hydrogen) atoms. The summed E-state index contributed by atoms with van der Waals surface area (Å²) in [7, 11) is 1.81. The molecule has 3 heterocycles. The van der Waals surface area contributed by atoms with Gasteiger partial charge in [0.05, 0.1) is 30.0 Å². The molecule has 1 unspecified atom stereocenters. The van der Waals surface area contributed by atoms with Gasteiger partial charge in [0.1, 0.15) is 5.60 Å². The van der Waals surface area contributed by atoms with Gasteiger partial charge in [0.2, 0.25) is 5.60 Å². The summed E-state index contributed by atoms with van der Waals surface area (Å²) in [5.41, 5.74) is 0.309. The molecule has 1 aliphatic carbocycles. The number of imidazole rings is 1. The summed E-state index contributed by atoms with van der Waals surface area (Å²) < 4.78 is 46.5. The van der Waals surface area contributed by atoms with E-state index < -0.39 is 23.5 Å². The Balaban J connectivity index is 1.51. The van der Waals surface area contributed by atoms with Gasteiger partial charge < -0.3 is 19.3 Å². The molecule has 2 atom stereocenters. The lowest BCUT2D eigenvalue weighted by atomic mass is 9.84. The number of amides is 1. The Kier molecular flexibility index (Phi) is 7.42. The number of rotatable bonds is 4. The van der Waals surface area contributed by atoms with E-state index in [1.54, 1.807) is 36.3 Å². The largest absolute Gasteiger partial charge is 0.434 e. The van der Waals surface area contributed by atoms with E-state index in [4.69, 9.17) is 21.3 Å². The standard InChI is InChI=1S/C29H31ClF3N5O3/c1-27(2,29(31,32)33)41-26(39)38-12-10-37(11-13-38)25-20-8-7-19(30)15-21(20)22(14-18-6-5-9-35-24(18)25)28(3,40)23-16-34-17-36(23)4/h5-9,14-17,25,40H,10-13H2,1-4H3/t25-,28?/m0/s1. The number of carbonyl (C=O) groups excluding carboxylic acids is 1. The number of aromatic nitrogens is 3. The van der Waals surface area contributed by atoms with Crippen molar-refractivity contribution in [3.63, 3.8) is 0 Å². The van der Waals surface area contributed by atoms with Crippen LogP contribution in [-0.2, 0) is 17.4 Å². The second-order valence-corrected chi connectivity index (χ2v) is 11.5. The number of nitrogens with zero attached hydrogens (tertiary/aromatic N) is 5. The SMILES string of the molecule is Cn1cncc1C(C)(O)C1=Cc2cccnc2[C@@H](N2CCN(C(=O)OC(C)(C)C(F)(F)F)CC2)c2ccc(Cl)cc21. The molecular weight excluding hydrogens is 559 g/mol. The van der Waals surface area contributed by atoms with Crippen molar-refractivity contribution < 1.29 is 27.8 Å². The van der Waals surface area contributed by atoms with E-state index >= 15 is 0 Å². The molecule has 0 radical (unpaired) electrons. The molecule has 0 saturated carbocycles. The fraction of sp³-hybridized carbons (Fsp3) is 0.414. The van der Waals surface area contributed by atoms with Crippen molar-refractivity contribution in [2.24, 2.45) is 7.05 Å². The molecule has 3 aromatic rings. The number of carbonyl (C=O) groups is 1. The zero-order valence-corrected chi connectivity index (χ0v) is 23.9. The number of alkyl halides is 3. The van der Waals surface area contributed by atoms with E-state index in [2.05, 4.69) is 9.88 Å². The van der Waals surface area contributed by atoms with Crippen LogP contribution in [0.15, 0.2) is 49.1 Å². The average Bonchev–Trinajstić information content (AvgIpc) is 3.29.